The van der Waals surface area contributed by atoms with Crippen molar-refractivity contribution in [1.82, 2.24) is 40.0 Å². The number of benzene rings is 1. The van der Waals surface area contributed by atoms with Gasteiger partial charge in [0.1, 0.15) is 22.8 Å². The maximum atomic E-state index is 16.1. The normalized spacial score (nSPS) is 15.4. The zero-order valence-electron chi connectivity index (χ0n) is 20.8. The number of aromatic amines is 2. The molecule has 1 aliphatic rings. The molecule has 40 heavy (non-hydrogen) atoms. The molecule has 0 aliphatic carbocycles. The summed E-state index contributed by atoms with van der Waals surface area (Å²) in [6, 6.07) is 9.49. The van der Waals surface area contributed by atoms with Gasteiger partial charge < -0.3 is 4.98 Å². The van der Waals surface area contributed by atoms with E-state index >= 15 is 4.39 Å². The predicted octanol–water partition coefficient (Wildman–Crippen LogP) is 5.74. The number of hydrogen-bond donors (Lipinski definition) is 2. The van der Waals surface area contributed by atoms with Crippen LogP contribution < -0.4 is 0 Å². The van der Waals surface area contributed by atoms with E-state index < -0.39 is 17.6 Å². The molecule has 0 radical (unpaired) electrons. The minimum Gasteiger partial charge on any atom is -0.337 e. The number of likely N-dealkylation sites (tertiary alicyclic amines) is 1. The van der Waals surface area contributed by atoms with E-state index in [1.807, 2.05) is 0 Å². The third-order valence-corrected chi connectivity index (χ3v) is 7.02. The van der Waals surface area contributed by atoms with Crippen LogP contribution in [0.5, 0.6) is 0 Å². The van der Waals surface area contributed by atoms with Crippen molar-refractivity contribution < 1.29 is 17.6 Å². The van der Waals surface area contributed by atoms with E-state index in [9.17, 15) is 13.2 Å². The lowest BCUT2D eigenvalue weighted by Crippen LogP contribution is -2.24. The number of nitrogens with one attached hydrogen (secondary N) is 2. The van der Waals surface area contributed by atoms with Crippen molar-refractivity contribution in [3.8, 4) is 33.9 Å². The quantitative estimate of drug-likeness (QED) is 0.269. The highest BCUT2D eigenvalue weighted by atomic mass is 19.3. The minimum absolute atomic E-state index is 0.126. The fraction of sp³-hybridized carbons (Fsp3) is 0.179. The van der Waals surface area contributed by atoms with Gasteiger partial charge in [0.25, 0.3) is 5.92 Å². The molecular weight excluding hydrogens is 524 g/mol. The van der Waals surface area contributed by atoms with Gasteiger partial charge in [-0.3, -0.25) is 20.0 Å². The average molecular weight is 545 g/mol. The summed E-state index contributed by atoms with van der Waals surface area (Å²) in [5.41, 5.74) is 3.92. The molecule has 1 aromatic carbocycles. The van der Waals surface area contributed by atoms with Gasteiger partial charge in [0.05, 0.1) is 23.1 Å². The van der Waals surface area contributed by atoms with Gasteiger partial charge in [-0.15, -0.1) is 0 Å². The summed E-state index contributed by atoms with van der Waals surface area (Å²) < 4.78 is 57.2. The molecule has 1 saturated heterocycles. The average Bonchev–Trinajstić information content (AvgIpc) is 3.65. The Morgan fingerprint density at radius 1 is 1.00 bits per heavy atom. The Bertz CT molecular complexity index is 1900. The van der Waals surface area contributed by atoms with Crippen LogP contribution in [-0.4, -0.2) is 59.0 Å². The van der Waals surface area contributed by atoms with Crippen LogP contribution >= 0.6 is 0 Å². The molecule has 2 N–H and O–H groups in total. The van der Waals surface area contributed by atoms with E-state index in [0.717, 1.165) is 0 Å². The number of aromatic nitrogens is 7. The molecule has 0 bridgehead atoms. The van der Waals surface area contributed by atoms with Crippen LogP contribution in [0.25, 0.3) is 56.0 Å². The summed E-state index contributed by atoms with van der Waals surface area (Å²) in [7, 11) is 0. The van der Waals surface area contributed by atoms with Gasteiger partial charge in [-0.2, -0.15) is 5.10 Å². The van der Waals surface area contributed by atoms with E-state index in [2.05, 4.69) is 35.1 Å². The second-order valence-corrected chi connectivity index (χ2v) is 9.83. The number of nitrogens with zero attached hydrogens (tertiary/aromatic N) is 6. The van der Waals surface area contributed by atoms with Crippen LogP contribution in [0.1, 0.15) is 12.0 Å². The van der Waals surface area contributed by atoms with Gasteiger partial charge in [-0.1, -0.05) is 12.1 Å². The first kappa shape index (κ1) is 24.3. The highest BCUT2D eigenvalue weighted by Crippen LogP contribution is 2.34. The molecule has 6 heterocycles. The molecule has 200 valence electrons. The van der Waals surface area contributed by atoms with E-state index in [4.69, 9.17) is 0 Å². The Kier molecular flexibility index (Phi) is 5.59. The van der Waals surface area contributed by atoms with E-state index in [1.165, 1.54) is 24.5 Å². The lowest BCUT2D eigenvalue weighted by Gasteiger charge is -2.15. The van der Waals surface area contributed by atoms with Gasteiger partial charge in [0, 0.05) is 61.0 Å². The van der Waals surface area contributed by atoms with E-state index in [-0.39, 0.29) is 48.3 Å². The number of imidazole rings is 1. The zero-order valence-corrected chi connectivity index (χ0v) is 20.8. The molecule has 0 spiro atoms. The van der Waals surface area contributed by atoms with Crippen LogP contribution in [0, 0.1) is 11.6 Å². The summed E-state index contributed by atoms with van der Waals surface area (Å²) >= 11 is 0. The Hall–Kier alpha value is -4.71. The summed E-state index contributed by atoms with van der Waals surface area (Å²) in [4.78, 5) is 22.4. The molecular formula is C28H20F4N8. The van der Waals surface area contributed by atoms with Crippen LogP contribution in [-0.2, 0) is 6.54 Å². The number of H-pyrrole nitrogens is 2. The number of halogens is 4. The van der Waals surface area contributed by atoms with Gasteiger partial charge in [-0.05, 0) is 29.8 Å². The van der Waals surface area contributed by atoms with Gasteiger partial charge in [-0.25, -0.2) is 27.5 Å². The molecule has 7 rings (SSSR count). The number of pyridine rings is 3. The first-order valence-electron chi connectivity index (χ1n) is 12.5. The summed E-state index contributed by atoms with van der Waals surface area (Å²) in [6.07, 6.45) is 5.87. The topological polar surface area (TPSA) is 99.3 Å². The van der Waals surface area contributed by atoms with Crippen LogP contribution in [0.3, 0.4) is 0 Å². The first-order chi connectivity index (χ1) is 19.3. The molecule has 1 fully saturated rings. The Labute approximate surface area is 224 Å². The third kappa shape index (κ3) is 4.26. The SMILES string of the molecule is Fc1cccc(-c2nccc3[nH]c(-c4[nH]nc5ncc(-c6cncc(CN7CCC(F)(F)C7)c6)c(F)c45)nc23)c1. The largest absolute Gasteiger partial charge is 0.337 e. The summed E-state index contributed by atoms with van der Waals surface area (Å²) in [6.45, 7) is 0.252. The van der Waals surface area contributed by atoms with Crippen LogP contribution in [0.4, 0.5) is 17.6 Å². The maximum absolute atomic E-state index is 16.1. The highest BCUT2D eigenvalue weighted by molar-refractivity contribution is 5.96. The van der Waals surface area contributed by atoms with Crippen molar-refractivity contribution in [1.29, 1.82) is 0 Å². The van der Waals surface area contributed by atoms with E-state index in [1.54, 1.807) is 41.6 Å². The fourth-order valence-corrected chi connectivity index (χ4v) is 5.15. The zero-order chi connectivity index (χ0) is 27.4. The number of hydrogen-bond acceptors (Lipinski definition) is 6. The number of alkyl halides is 2. The van der Waals surface area contributed by atoms with Gasteiger partial charge >= 0.3 is 0 Å². The molecule has 12 heteroatoms. The van der Waals surface area contributed by atoms with Crippen LogP contribution in [0.15, 0.2) is 61.2 Å². The van der Waals surface area contributed by atoms with Crippen molar-refractivity contribution in [2.45, 2.75) is 18.9 Å². The second-order valence-electron chi connectivity index (χ2n) is 9.83. The lowest BCUT2D eigenvalue weighted by atomic mass is 10.0. The van der Waals surface area contributed by atoms with Crippen LogP contribution in [0.2, 0.25) is 0 Å². The van der Waals surface area contributed by atoms with Crippen molar-refractivity contribution >= 4 is 22.1 Å². The molecule has 0 atom stereocenters. The first-order valence-corrected chi connectivity index (χ1v) is 12.5. The van der Waals surface area contributed by atoms with Crippen molar-refractivity contribution in [2.24, 2.45) is 0 Å². The Balaban J connectivity index is 1.28. The summed E-state index contributed by atoms with van der Waals surface area (Å²) in [5, 5.41) is 7.11. The highest BCUT2D eigenvalue weighted by Gasteiger charge is 2.38. The molecule has 0 saturated carbocycles. The van der Waals surface area contributed by atoms with Gasteiger partial charge in [0.2, 0.25) is 0 Å². The molecule has 1 aliphatic heterocycles. The Morgan fingerprint density at radius 2 is 1.90 bits per heavy atom. The van der Waals surface area contributed by atoms with Crippen molar-refractivity contribution in [3.63, 3.8) is 0 Å². The Morgan fingerprint density at radius 3 is 2.73 bits per heavy atom. The van der Waals surface area contributed by atoms with Gasteiger partial charge in [0.15, 0.2) is 11.5 Å². The number of fused-ring (bicyclic) bond motifs is 2. The minimum atomic E-state index is -2.70. The standard InChI is InChI=1S/C28H20F4N8/c29-18-3-1-2-16(9-18)23-24-20(4-6-34-23)36-27(37-24)25-21-22(30)19(12-35-26(21)39-38-25)17-8-15(10-33-11-17)13-40-7-5-28(31,32)14-40/h1-4,6,8-12H,5,7,13-14H2,(H,36,37)(H,35,38,39). The molecule has 0 amide bonds. The molecule has 5 aromatic heterocycles. The smallest absolute Gasteiger partial charge is 0.261 e. The monoisotopic (exact) mass is 544 g/mol. The lowest BCUT2D eigenvalue weighted by molar-refractivity contribution is 0.0115. The fourth-order valence-electron chi connectivity index (χ4n) is 5.15. The molecule has 6 aromatic rings. The molecule has 8 nitrogen and oxygen atoms in total. The molecule has 0 unspecified atom stereocenters. The van der Waals surface area contributed by atoms with Crippen molar-refractivity contribution in [2.75, 3.05) is 13.1 Å². The predicted molar refractivity (Wildman–Crippen MR) is 140 cm³/mol. The van der Waals surface area contributed by atoms with E-state index in [0.29, 0.717) is 39.2 Å². The second kappa shape index (κ2) is 9.19. The number of rotatable bonds is 5. The summed E-state index contributed by atoms with van der Waals surface area (Å²) in [5.74, 6) is -3.37. The maximum Gasteiger partial charge on any atom is 0.261 e. The van der Waals surface area contributed by atoms with Crippen molar-refractivity contribution in [3.05, 3.63) is 78.4 Å². The third-order valence-electron chi connectivity index (χ3n) is 7.02.